The normalized spacial score (nSPS) is 10.6. The van der Waals surface area contributed by atoms with Crippen LogP contribution in [0.4, 0.5) is 5.69 Å². The van der Waals surface area contributed by atoms with Crippen LogP contribution < -0.4 is 5.32 Å². The minimum absolute atomic E-state index is 0.715. The molecule has 0 spiro atoms. The molecule has 0 radical (unpaired) electrons. The van der Waals surface area contributed by atoms with Gasteiger partial charge in [-0.05, 0) is 17.7 Å². The van der Waals surface area contributed by atoms with Crippen LogP contribution in [-0.4, -0.2) is 19.5 Å². The maximum atomic E-state index is 4.28. The Labute approximate surface area is 111 Å². The average molecular weight is 253 g/mol. The van der Waals surface area contributed by atoms with Crippen molar-refractivity contribution in [3.8, 4) is 11.3 Å². The Hall–Kier alpha value is -2.56. The Balaban J connectivity index is 1.68. The van der Waals surface area contributed by atoms with Crippen LogP contribution in [0.5, 0.6) is 0 Å². The van der Waals surface area contributed by atoms with Crippen molar-refractivity contribution in [2.75, 3.05) is 5.32 Å². The van der Waals surface area contributed by atoms with Crippen molar-refractivity contribution in [1.29, 1.82) is 0 Å². The lowest BCUT2D eigenvalue weighted by molar-refractivity contribution is 0.813. The van der Waals surface area contributed by atoms with Gasteiger partial charge in [0.25, 0.3) is 0 Å². The van der Waals surface area contributed by atoms with E-state index in [2.05, 4.69) is 44.5 Å². The highest BCUT2D eigenvalue weighted by molar-refractivity contribution is 5.61. The van der Waals surface area contributed by atoms with Crippen LogP contribution in [0.25, 0.3) is 11.3 Å². The first kappa shape index (κ1) is 11.5. The lowest BCUT2D eigenvalue weighted by atomic mass is 10.1. The van der Waals surface area contributed by atoms with Crippen LogP contribution in [0.15, 0.2) is 49.2 Å². The number of nitrogens with zero attached hydrogens (tertiary/aromatic N) is 3. The highest BCUT2D eigenvalue weighted by Gasteiger charge is 2.01. The summed E-state index contributed by atoms with van der Waals surface area (Å²) in [4.78, 5) is 11.4. The van der Waals surface area contributed by atoms with Gasteiger partial charge in [-0.2, -0.15) is 0 Å². The van der Waals surface area contributed by atoms with Crippen LogP contribution in [0.1, 0.15) is 5.82 Å². The molecule has 2 N–H and O–H groups in total. The van der Waals surface area contributed by atoms with E-state index in [0.29, 0.717) is 6.54 Å². The molecule has 0 bridgehead atoms. The molecule has 3 rings (SSSR count). The van der Waals surface area contributed by atoms with Crippen molar-refractivity contribution in [1.82, 2.24) is 19.5 Å². The van der Waals surface area contributed by atoms with E-state index in [1.165, 1.54) is 0 Å². The Morgan fingerprint density at radius 2 is 2.11 bits per heavy atom. The largest absolute Gasteiger partial charge is 0.378 e. The van der Waals surface area contributed by atoms with Gasteiger partial charge in [0.15, 0.2) is 0 Å². The molecular weight excluding hydrogens is 238 g/mol. The molecule has 5 nitrogen and oxygen atoms in total. The summed E-state index contributed by atoms with van der Waals surface area (Å²) in [7, 11) is 1.99. The number of hydrogen-bond acceptors (Lipinski definition) is 3. The van der Waals surface area contributed by atoms with Gasteiger partial charge in [0.1, 0.15) is 5.82 Å². The molecule has 3 aromatic rings. The minimum Gasteiger partial charge on any atom is -0.378 e. The van der Waals surface area contributed by atoms with E-state index in [-0.39, 0.29) is 0 Å². The van der Waals surface area contributed by atoms with Gasteiger partial charge in [0.2, 0.25) is 0 Å². The van der Waals surface area contributed by atoms with E-state index in [1.807, 2.05) is 24.0 Å². The van der Waals surface area contributed by atoms with Crippen LogP contribution in [0.3, 0.4) is 0 Å². The van der Waals surface area contributed by atoms with Gasteiger partial charge in [-0.1, -0.05) is 12.1 Å². The smallest absolute Gasteiger partial charge is 0.127 e. The first-order valence-electron chi connectivity index (χ1n) is 6.12. The lowest BCUT2D eigenvalue weighted by Crippen LogP contribution is -2.05. The molecule has 0 aliphatic heterocycles. The number of aromatic amines is 1. The summed E-state index contributed by atoms with van der Waals surface area (Å²) in [5, 5.41) is 3.35. The number of nitrogens with one attached hydrogen (secondary N) is 2. The molecule has 0 atom stereocenters. The number of benzene rings is 1. The molecule has 96 valence electrons. The molecule has 0 aliphatic carbocycles. The van der Waals surface area contributed by atoms with Gasteiger partial charge in [-0.3, -0.25) is 0 Å². The standard InChI is InChI=1S/C14H15N5/c1-19-7-6-16-14(19)9-17-12-4-2-11(3-5-12)13-8-15-10-18-13/h2-8,10,17H,9H2,1H3,(H,15,18). The number of anilines is 1. The molecule has 0 aliphatic rings. The maximum absolute atomic E-state index is 4.28. The number of H-pyrrole nitrogens is 1. The first-order valence-corrected chi connectivity index (χ1v) is 6.12. The van der Waals surface area contributed by atoms with Gasteiger partial charge < -0.3 is 14.9 Å². The fourth-order valence-corrected chi connectivity index (χ4v) is 1.93. The molecule has 0 unspecified atom stereocenters. The van der Waals surface area contributed by atoms with Crippen molar-refractivity contribution in [3.63, 3.8) is 0 Å². The highest BCUT2D eigenvalue weighted by atomic mass is 15.1. The summed E-state index contributed by atoms with van der Waals surface area (Å²) in [5.41, 5.74) is 3.22. The van der Waals surface area contributed by atoms with Crippen molar-refractivity contribution in [2.45, 2.75) is 6.54 Å². The summed E-state index contributed by atoms with van der Waals surface area (Å²) in [6, 6.07) is 8.24. The quantitative estimate of drug-likeness (QED) is 0.750. The third-order valence-corrected chi connectivity index (χ3v) is 3.07. The SMILES string of the molecule is Cn1ccnc1CNc1ccc(-c2cnc[nH]2)cc1. The third kappa shape index (κ3) is 2.49. The third-order valence-electron chi connectivity index (χ3n) is 3.07. The van der Waals surface area contributed by atoms with E-state index in [9.17, 15) is 0 Å². The van der Waals surface area contributed by atoms with Gasteiger partial charge >= 0.3 is 0 Å². The summed E-state index contributed by atoms with van der Waals surface area (Å²) < 4.78 is 2.01. The second-order valence-corrected chi connectivity index (χ2v) is 4.35. The number of hydrogen-bond donors (Lipinski definition) is 2. The fourth-order valence-electron chi connectivity index (χ4n) is 1.93. The lowest BCUT2D eigenvalue weighted by Gasteiger charge is -2.07. The molecule has 5 heteroatoms. The molecule has 2 aromatic heterocycles. The predicted molar refractivity (Wildman–Crippen MR) is 74.6 cm³/mol. The number of aryl methyl sites for hydroxylation is 1. The highest BCUT2D eigenvalue weighted by Crippen LogP contribution is 2.18. The van der Waals surface area contributed by atoms with Crippen LogP contribution in [0, 0.1) is 0 Å². The monoisotopic (exact) mass is 253 g/mol. The van der Waals surface area contributed by atoms with E-state index in [4.69, 9.17) is 0 Å². The Kier molecular flexibility index (Phi) is 3.02. The maximum Gasteiger partial charge on any atom is 0.127 e. The Morgan fingerprint density at radius 3 is 2.74 bits per heavy atom. The molecule has 0 amide bonds. The van der Waals surface area contributed by atoms with Gasteiger partial charge in [0.05, 0.1) is 24.8 Å². The number of rotatable bonds is 4. The molecule has 19 heavy (non-hydrogen) atoms. The van der Waals surface area contributed by atoms with E-state index in [1.54, 1.807) is 12.5 Å². The zero-order valence-corrected chi connectivity index (χ0v) is 10.7. The summed E-state index contributed by atoms with van der Waals surface area (Å²) in [6.45, 7) is 0.715. The van der Waals surface area contributed by atoms with Crippen LogP contribution in [0.2, 0.25) is 0 Å². The van der Waals surface area contributed by atoms with Crippen molar-refractivity contribution >= 4 is 5.69 Å². The fraction of sp³-hybridized carbons (Fsp3) is 0.143. The molecule has 0 fully saturated rings. The van der Waals surface area contributed by atoms with Crippen molar-refractivity contribution in [2.24, 2.45) is 7.05 Å². The van der Waals surface area contributed by atoms with Crippen molar-refractivity contribution < 1.29 is 0 Å². The molecular formula is C14H15N5. The summed E-state index contributed by atoms with van der Waals surface area (Å²) in [5.74, 6) is 1.01. The van der Waals surface area contributed by atoms with Gasteiger partial charge in [-0.15, -0.1) is 0 Å². The summed E-state index contributed by atoms with van der Waals surface area (Å²) >= 11 is 0. The summed E-state index contributed by atoms with van der Waals surface area (Å²) in [6.07, 6.45) is 7.25. The van der Waals surface area contributed by atoms with E-state index >= 15 is 0 Å². The Morgan fingerprint density at radius 1 is 1.26 bits per heavy atom. The van der Waals surface area contributed by atoms with E-state index in [0.717, 1.165) is 22.8 Å². The molecule has 0 saturated heterocycles. The van der Waals surface area contributed by atoms with Gasteiger partial charge in [0, 0.05) is 25.1 Å². The zero-order chi connectivity index (χ0) is 13.1. The molecule has 2 heterocycles. The molecule has 0 saturated carbocycles. The number of imidazole rings is 2. The van der Waals surface area contributed by atoms with Crippen molar-refractivity contribution in [3.05, 3.63) is 55.0 Å². The second kappa shape index (κ2) is 4.97. The minimum atomic E-state index is 0.715. The van der Waals surface area contributed by atoms with E-state index < -0.39 is 0 Å². The molecule has 1 aromatic carbocycles. The topological polar surface area (TPSA) is 58.5 Å². The van der Waals surface area contributed by atoms with Crippen LogP contribution >= 0.6 is 0 Å². The predicted octanol–water partition coefficient (Wildman–Crippen LogP) is 2.42. The zero-order valence-electron chi connectivity index (χ0n) is 10.7. The van der Waals surface area contributed by atoms with Crippen LogP contribution in [-0.2, 0) is 13.6 Å². The van der Waals surface area contributed by atoms with Gasteiger partial charge in [-0.25, -0.2) is 9.97 Å². The number of aromatic nitrogens is 4. The Bertz CT molecular complexity index is 637. The average Bonchev–Trinajstić information content (AvgIpc) is 3.09. The first-order chi connectivity index (χ1) is 9.33. The second-order valence-electron chi connectivity index (χ2n) is 4.35.